The maximum Gasteiger partial charge on any atom is 0.324 e. The zero-order valence-corrected chi connectivity index (χ0v) is 12.6. The number of aromatic amines is 1. The summed E-state index contributed by atoms with van der Waals surface area (Å²) in [5.41, 5.74) is -0.634. The molecule has 8 heteroatoms. The number of ether oxygens (including phenoxy) is 1. The molecule has 1 fully saturated rings. The van der Waals surface area contributed by atoms with E-state index in [1.165, 1.54) is 16.7 Å². The number of carbonyl (C=O) groups is 1. The van der Waals surface area contributed by atoms with Gasteiger partial charge in [-0.2, -0.15) is 9.40 Å². The topological polar surface area (TPSA) is 92.4 Å². The van der Waals surface area contributed by atoms with Crippen molar-refractivity contribution in [2.45, 2.75) is 50.2 Å². The van der Waals surface area contributed by atoms with Gasteiger partial charge >= 0.3 is 5.97 Å². The smallest absolute Gasteiger partial charge is 0.324 e. The molecule has 0 bridgehead atoms. The van der Waals surface area contributed by atoms with Crippen molar-refractivity contribution in [3.8, 4) is 0 Å². The Morgan fingerprint density at radius 2 is 2.20 bits per heavy atom. The van der Waals surface area contributed by atoms with Crippen LogP contribution >= 0.6 is 0 Å². The first-order chi connectivity index (χ1) is 9.22. The zero-order chi connectivity index (χ0) is 15.0. The molecule has 0 unspecified atom stereocenters. The summed E-state index contributed by atoms with van der Waals surface area (Å²) < 4.78 is 31.4. The fourth-order valence-corrected chi connectivity index (χ4v) is 3.70. The van der Waals surface area contributed by atoms with E-state index in [1.807, 2.05) is 0 Å². The van der Waals surface area contributed by atoms with Crippen LogP contribution < -0.4 is 0 Å². The number of aromatic nitrogens is 2. The van der Waals surface area contributed by atoms with Crippen LogP contribution in [0.3, 0.4) is 0 Å². The average molecular weight is 301 g/mol. The van der Waals surface area contributed by atoms with Crippen LogP contribution in [0.15, 0.2) is 17.3 Å². The molecule has 112 valence electrons. The Labute approximate surface area is 118 Å². The summed E-state index contributed by atoms with van der Waals surface area (Å²) in [4.78, 5) is 12.2. The molecule has 1 aromatic rings. The van der Waals surface area contributed by atoms with Crippen LogP contribution in [0.4, 0.5) is 0 Å². The number of hydrogen-bond donors (Lipinski definition) is 1. The number of H-pyrrole nitrogens is 1. The van der Waals surface area contributed by atoms with Gasteiger partial charge in [-0.25, -0.2) is 8.42 Å². The Balaban J connectivity index is 2.22. The minimum Gasteiger partial charge on any atom is -0.459 e. The highest BCUT2D eigenvalue weighted by molar-refractivity contribution is 7.89. The second kappa shape index (κ2) is 5.17. The fourth-order valence-electron chi connectivity index (χ4n) is 2.15. The molecule has 1 saturated heterocycles. The molecule has 2 rings (SSSR count). The first kappa shape index (κ1) is 15.0. The molecule has 1 aromatic heterocycles. The highest BCUT2D eigenvalue weighted by Gasteiger charge is 2.41. The van der Waals surface area contributed by atoms with Gasteiger partial charge in [-0.05, 0) is 33.6 Å². The van der Waals surface area contributed by atoms with E-state index in [-0.39, 0.29) is 4.90 Å². The van der Waals surface area contributed by atoms with Crippen LogP contribution in [-0.4, -0.2) is 47.1 Å². The molecule has 0 amide bonds. The van der Waals surface area contributed by atoms with E-state index in [9.17, 15) is 13.2 Å². The third-order valence-electron chi connectivity index (χ3n) is 2.96. The Morgan fingerprint density at radius 3 is 2.75 bits per heavy atom. The van der Waals surface area contributed by atoms with Crippen molar-refractivity contribution in [3.05, 3.63) is 12.4 Å². The number of carbonyl (C=O) groups excluding carboxylic acids is 1. The third kappa shape index (κ3) is 3.01. The molecular formula is C12H19N3O4S. The SMILES string of the molecule is CC(C)(C)OC(=O)[C@H]1CCCN1S(=O)(=O)c1cn[nH]c1. The average Bonchev–Trinajstić information content (AvgIpc) is 2.99. The summed E-state index contributed by atoms with van der Waals surface area (Å²) in [5.74, 6) is -0.498. The van der Waals surface area contributed by atoms with Crippen molar-refractivity contribution in [2.75, 3.05) is 6.54 Å². The molecule has 0 spiro atoms. The van der Waals surface area contributed by atoms with Gasteiger partial charge in [0.1, 0.15) is 16.5 Å². The van der Waals surface area contributed by atoms with Gasteiger partial charge in [-0.1, -0.05) is 0 Å². The van der Waals surface area contributed by atoms with Crippen molar-refractivity contribution in [1.29, 1.82) is 0 Å². The quantitative estimate of drug-likeness (QED) is 0.838. The molecule has 1 N–H and O–H groups in total. The van der Waals surface area contributed by atoms with Crippen LogP contribution in [0.5, 0.6) is 0 Å². The largest absolute Gasteiger partial charge is 0.459 e. The lowest BCUT2D eigenvalue weighted by molar-refractivity contribution is -0.158. The minimum atomic E-state index is -3.71. The lowest BCUT2D eigenvalue weighted by Crippen LogP contribution is -2.43. The standard InChI is InChI=1S/C12H19N3O4S/c1-12(2,3)19-11(16)10-5-4-6-15(10)20(17,18)9-7-13-14-8-9/h7-8,10H,4-6H2,1-3H3,(H,13,14)/t10-/m1/s1. The third-order valence-corrected chi connectivity index (χ3v) is 4.84. The lowest BCUT2D eigenvalue weighted by atomic mass is 10.2. The first-order valence-electron chi connectivity index (χ1n) is 6.45. The summed E-state index contributed by atoms with van der Waals surface area (Å²) in [6, 6.07) is -0.755. The predicted octanol–water partition coefficient (Wildman–Crippen LogP) is 0.904. The molecule has 1 atom stereocenters. The van der Waals surface area contributed by atoms with Gasteiger partial charge in [-0.3, -0.25) is 9.89 Å². The zero-order valence-electron chi connectivity index (χ0n) is 11.8. The van der Waals surface area contributed by atoms with Gasteiger partial charge in [0.05, 0.1) is 6.20 Å². The lowest BCUT2D eigenvalue weighted by Gasteiger charge is -2.26. The first-order valence-corrected chi connectivity index (χ1v) is 7.89. The Morgan fingerprint density at radius 1 is 1.50 bits per heavy atom. The van der Waals surface area contributed by atoms with E-state index >= 15 is 0 Å². The van der Waals surface area contributed by atoms with Crippen LogP contribution in [0.2, 0.25) is 0 Å². The molecule has 7 nitrogen and oxygen atoms in total. The molecule has 20 heavy (non-hydrogen) atoms. The molecule has 0 aromatic carbocycles. The predicted molar refractivity (Wildman–Crippen MR) is 71.3 cm³/mol. The van der Waals surface area contributed by atoms with Crippen molar-refractivity contribution in [3.63, 3.8) is 0 Å². The van der Waals surface area contributed by atoms with Gasteiger partial charge in [0, 0.05) is 12.7 Å². The highest BCUT2D eigenvalue weighted by Crippen LogP contribution is 2.27. The maximum atomic E-state index is 12.4. The van der Waals surface area contributed by atoms with Gasteiger partial charge in [0.2, 0.25) is 10.0 Å². The maximum absolute atomic E-state index is 12.4. The fraction of sp³-hybridized carbons (Fsp3) is 0.667. The molecule has 0 aliphatic carbocycles. The molecule has 0 saturated carbocycles. The number of nitrogens with one attached hydrogen (secondary N) is 1. The second-order valence-corrected chi connectivity index (χ2v) is 7.63. The van der Waals surface area contributed by atoms with Crippen molar-refractivity contribution >= 4 is 16.0 Å². The Bertz CT molecular complexity index is 574. The van der Waals surface area contributed by atoms with E-state index in [1.54, 1.807) is 20.8 Å². The molecule has 2 heterocycles. The van der Waals surface area contributed by atoms with E-state index < -0.39 is 27.6 Å². The van der Waals surface area contributed by atoms with Gasteiger partial charge in [-0.15, -0.1) is 0 Å². The van der Waals surface area contributed by atoms with Crippen molar-refractivity contribution in [2.24, 2.45) is 0 Å². The van der Waals surface area contributed by atoms with Crippen LogP contribution in [0, 0.1) is 0 Å². The van der Waals surface area contributed by atoms with Crippen LogP contribution in [0.1, 0.15) is 33.6 Å². The van der Waals surface area contributed by atoms with Crippen LogP contribution in [-0.2, 0) is 19.6 Å². The van der Waals surface area contributed by atoms with E-state index in [0.717, 1.165) is 0 Å². The summed E-state index contributed by atoms with van der Waals surface area (Å²) >= 11 is 0. The molecule has 1 aliphatic rings. The minimum absolute atomic E-state index is 0.0629. The number of nitrogens with zero attached hydrogens (tertiary/aromatic N) is 2. The number of sulfonamides is 1. The van der Waals surface area contributed by atoms with E-state index in [4.69, 9.17) is 4.74 Å². The van der Waals surface area contributed by atoms with Crippen molar-refractivity contribution in [1.82, 2.24) is 14.5 Å². The summed E-state index contributed by atoms with van der Waals surface area (Å²) in [5, 5.41) is 6.11. The highest BCUT2D eigenvalue weighted by atomic mass is 32.2. The summed E-state index contributed by atoms with van der Waals surface area (Å²) in [6.07, 6.45) is 3.66. The summed E-state index contributed by atoms with van der Waals surface area (Å²) in [6.45, 7) is 5.59. The van der Waals surface area contributed by atoms with Crippen molar-refractivity contribution < 1.29 is 17.9 Å². The van der Waals surface area contributed by atoms with E-state index in [2.05, 4.69) is 10.2 Å². The monoisotopic (exact) mass is 301 g/mol. The Kier molecular flexibility index (Phi) is 3.88. The molecule has 0 radical (unpaired) electrons. The second-order valence-electron chi connectivity index (χ2n) is 5.74. The molecular weight excluding hydrogens is 282 g/mol. The summed E-state index contributed by atoms with van der Waals surface area (Å²) in [7, 11) is -3.71. The number of rotatable bonds is 3. The normalized spacial score (nSPS) is 21.1. The Hall–Kier alpha value is -1.41. The van der Waals surface area contributed by atoms with Gasteiger partial charge in [0.15, 0.2) is 0 Å². The van der Waals surface area contributed by atoms with Gasteiger partial charge < -0.3 is 4.74 Å². The number of esters is 1. The van der Waals surface area contributed by atoms with Crippen LogP contribution in [0.25, 0.3) is 0 Å². The molecule has 1 aliphatic heterocycles. The number of hydrogen-bond acceptors (Lipinski definition) is 5. The van der Waals surface area contributed by atoms with E-state index in [0.29, 0.717) is 19.4 Å². The van der Waals surface area contributed by atoms with Gasteiger partial charge in [0.25, 0.3) is 0 Å².